The van der Waals surface area contributed by atoms with Crippen LogP contribution in [0.5, 0.6) is 5.75 Å². The Kier molecular flexibility index (Phi) is 6.05. The minimum Gasteiger partial charge on any atom is -0.492 e. The van der Waals surface area contributed by atoms with Crippen LogP contribution in [0.1, 0.15) is 46.1 Å². The zero-order valence-electron chi connectivity index (χ0n) is 14.9. The Morgan fingerprint density at radius 3 is 2.61 bits per heavy atom. The normalized spacial score (nSPS) is 16.2. The van der Waals surface area contributed by atoms with Gasteiger partial charge >= 0.3 is 0 Å². The molecule has 1 aliphatic heterocycles. The van der Waals surface area contributed by atoms with Gasteiger partial charge in [-0.05, 0) is 62.9 Å². The van der Waals surface area contributed by atoms with Gasteiger partial charge in [-0.1, -0.05) is 26.8 Å². The molecule has 0 aromatic heterocycles. The summed E-state index contributed by atoms with van der Waals surface area (Å²) in [5.74, 6) is 1.52. The lowest BCUT2D eigenvalue weighted by molar-refractivity contribution is -0.123. The van der Waals surface area contributed by atoms with Crippen LogP contribution in [-0.4, -0.2) is 25.6 Å². The third kappa shape index (κ3) is 5.24. The molecule has 0 aliphatic carbocycles. The van der Waals surface area contributed by atoms with Crippen LogP contribution in [0.2, 0.25) is 0 Å². The van der Waals surface area contributed by atoms with Gasteiger partial charge in [0.25, 0.3) is 0 Å². The van der Waals surface area contributed by atoms with Gasteiger partial charge in [0.1, 0.15) is 5.75 Å². The lowest BCUT2D eigenvalue weighted by Crippen LogP contribution is -2.29. The van der Waals surface area contributed by atoms with Crippen molar-refractivity contribution in [3.8, 4) is 5.75 Å². The van der Waals surface area contributed by atoms with E-state index in [-0.39, 0.29) is 5.91 Å². The quantitative estimate of drug-likeness (QED) is 0.872. The molecular weight excluding hydrogens is 288 g/mol. The smallest absolute Gasteiger partial charge is 0.229 e. The number of amides is 1. The number of benzene rings is 1. The zero-order chi connectivity index (χ0) is 16.9. The van der Waals surface area contributed by atoms with Crippen molar-refractivity contribution in [3.05, 3.63) is 23.8 Å². The Labute approximate surface area is 140 Å². The van der Waals surface area contributed by atoms with Crippen molar-refractivity contribution in [2.75, 3.05) is 25.0 Å². The van der Waals surface area contributed by atoms with Crippen molar-refractivity contribution < 1.29 is 9.53 Å². The van der Waals surface area contributed by atoms with E-state index in [9.17, 15) is 4.79 Å². The number of nitrogens with one attached hydrogen (secondary N) is 2. The summed E-state index contributed by atoms with van der Waals surface area (Å²) in [6.45, 7) is 10.5. The highest BCUT2D eigenvalue weighted by Gasteiger charge is 2.22. The predicted octanol–water partition coefficient (Wildman–Crippen LogP) is 3.61. The van der Waals surface area contributed by atoms with Crippen LogP contribution in [0.25, 0.3) is 0 Å². The molecule has 0 saturated carbocycles. The largest absolute Gasteiger partial charge is 0.492 e. The Balaban J connectivity index is 2.12. The molecule has 4 heteroatoms. The van der Waals surface area contributed by atoms with Gasteiger partial charge in [0.15, 0.2) is 0 Å². The Morgan fingerprint density at radius 1 is 1.30 bits per heavy atom. The van der Waals surface area contributed by atoms with E-state index in [1.807, 2.05) is 33.8 Å². The first-order valence-electron chi connectivity index (χ1n) is 8.68. The lowest BCUT2D eigenvalue weighted by Gasteiger charge is -2.23. The Morgan fingerprint density at radius 2 is 2.00 bits per heavy atom. The summed E-state index contributed by atoms with van der Waals surface area (Å²) in [5.41, 5.74) is 1.63. The Hall–Kier alpha value is -1.55. The fourth-order valence-electron chi connectivity index (χ4n) is 2.80. The summed E-state index contributed by atoms with van der Waals surface area (Å²) in [7, 11) is 0. The van der Waals surface area contributed by atoms with E-state index < -0.39 is 5.41 Å². The van der Waals surface area contributed by atoms with Gasteiger partial charge in [-0.15, -0.1) is 0 Å². The van der Waals surface area contributed by atoms with Crippen LogP contribution in [0, 0.1) is 11.3 Å². The number of ether oxygens (including phenoxy) is 1. The van der Waals surface area contributed by atoms with E-state index >= 15 is 0 Å². The zero-order valence-corrected chi connectivity index (χ0v) is 14.9. The van der Waals surface area contributed by atoms with Crippen LogP contribution in [0.15, 0.2) is 18.2 Å². The molecule has 2 rings (SSSR count). The van der Waals surface area contributed by atoms with Gasteiger partial charge in [0, 0.05) is 5.41 Å². The summed E-state index contributed by atoms with van der Waals surface area (Å²) >= 11 is 0. The average Bonchev–Trinajstić information content (AvgIpc) is 2.50. The number of anilines is 1. The Bertz CT molecular complexity index is 529. The summed E-state index contributed by atoms with van der Waals surface area (Å²) in [4.78, 5) is 12.2. The summed E-state index contributed by atoms with van der Waals surface area (Å²) in [6.07, 6.45) is 3.54. The van der Waals surface area contributed by atoms with E-state index in [1.165, 1.54) is 18.4 Å². The molecule has 1 heterocycles. The third-order valence-corrected chi connectivity index (χ3v) is 4.26. The van der Waals surface area contributed by atoms with Crippen LogP contribution in [0.4, 0.5) is 5.69 Å². The monoisotopic (exact) mass is 318 g/mol. The standard InChI is InChI=1S/C19H30N2O2/c1-5-23-17-13-15(12-14-8-10-20-11-9-14)6-7-16(17)21-18(22)19(2,3)4/h6-7,13-14,20H,5,8-12H2,1-4H3,(H,21,22). The summed E-state index contributed by atoms with van der Waals surface area (Å²) in [5, 5.41) is 6.40. The number of carbonyl (C=O) groups excluding carboxylic acids is 1. The lowest BCUT2D eigenvalue weighted by atomic mass is 9.91. The molecule has 23 heavy (non-hydrogen) atoms. The minimum absolute atomic E-state index is 0.00422. The molecule has 0 atom stereocenters. The van der Waals surface area contributed by atoms with Gasteiger partial charge in [0.2, 0.25) is 5.91 Å². The molecular formula is C19H30N2O2. The van der Waals surface area contributed by atoms with Crippen molar-refractivity contribution in [2.45, 2.75) is 47.0 Å². The molecule has 0 unspecified atom stereocenters. The van der Waals surface area contributed by atoms with Gasteiger partial charge in [-0.2, -0.15) is 0 Å². The molecule has 0 radical (unpaired) electrons. The maximum absolute atomic E-state index is 12.2. The van der Waals surface area contributed by atoms with Crippen molar-refractivity contribution in [3.63, 3.8) is 0 Å². The fraction of sp³-hybridized carbons (Fsp3) is 0.632. The summed E-state index contributed by atoms with van der Waals surface area (Å²) in [6, 6.07) is 6.18. The first kappa shape index (κ1) is 17.8. The number of rotatable bonds is 5. The van der Waals surface area contributed by atoms with E-state index in [0.29, 0.717) is 6.61 Å². The molecule has 128 valence electrons. The van der Waals surface area contributed by atoms with Crippen LogP contribution >= 0.6 is 0 Å². The predicted molar refractivity (Wildman–Crippen MR) is 95.0 cm³/mol. The van der Waals surface area contributed by atoms with Gasteiger partial charge in [0.05, 0.1) is 12.3 Å². The van der Waals surface area contributed by atoms with Crippen molar-refractivity contribution >= 4 is 11.6 Å². The molecule has 1 fully saturated rings. The van der Waals surface area contributed by atoms with Crippen LogP contribution in [-0.2, 0) is 11.2 Å². The van der Waals surface area contributed by atoms with Crippen LogP contribution < -0.4 is 15.4 Å². The first-order chi connectivity index (χ1) is 10.9. The van der Waals surface area contributed by atoms with E-state index in [2.05, 4.69) is 22.8 Å². The highest BCUT2D eigenvalue weighted by atomic mass is 16.5. The van der Waals surface area contributed by atoms with Gasteiger partial charge in [-0.25, -0.2) is 0 Å². The summed E-state index contributed by atoms with van der Waals surface area (Å²) < 4.78 is 5.75. The fourth-order valence-corrected chi connectivity index (χ4v) is 2.80. The van der Waals surface area contributed by atoms with Gasteiger partial charge in [-0.3, -0.25) is 4.79 Å². The SMILES string of the molecule is CCOc1cc(CC2CCNCC2)ccc1NC(=O)C(C)(C)C. The highest BCUT2D eigenvalue weighted by molar-refractivity contribution is 5.95. The van der Waals surface area contributed by atoms with Crippen molar-refractivity contribution in [1.29, 1.82) is 0 Å². The molecule has 4 nitrogen and oxygen atoms in total. The van der Waals surface area contributed by atoms with Crippen molar-refractivity contribution in [1.82, 2.24) is 5.32 Å². The minimum atomic E-state index is -0.419. The molecule has 1 aromatic carbocycles. The molecule has 2 N–H and O–H groups in total. The van der Waals surface area contributed by atoms with Crippen LogP contribution in [0.3, 0.4) is 0 Å². The maximum Gasteiger partial charge on any atom is 0.229 e. The highest BCUT2D eigenvalue weighted by Crippen LogP contribution is 2.30. The van der Waals surface area contributed by atoms with Crippen molar-refractivity contribution in [2.24, 2.45) is 11.3 Å². The first-order valence-corrected chi connectivity index (χ1v) is 8.68. The number of hydrogen-bond acceptors (Lipinski definition) is 3. The number of piperidine rings is 1. The second kappa shape index (κ2) is 7.82. The average molecular weight is 318 g/mol. The van der Waals surface area contributed by atoms with Gasteiger partial charge < -0.3 is 15.4 Å². The van der Waals surface area contributed by atoms with E-state index in [0.717, 1.165) is 36.9 Å². The van der Waals surface area contributed by atoms with E-state index in [1.54, 1.807) is 0 Å². The number of hydrogen-bond donors (Lipinski definition) is 2. The second-order valence-corrected chi connectivity index (χ2v) is 7.37. The maximum atomic E-state index is 12.2. The topological polar surface area (TPSA) is 50.4 Å². The third-order valence-electron chi connectivity index (χ3n) is 4.26. The number of carbonyl (C=O) groups is 1. The van der Waals surface area contributed by atoms with E-state index in [4.69, 9.17) is 4.74 Å². The molecule has 0 bridgehead atoms. The molecule has 0 spiro atoms. The molecule has 1 amide bonds. The molecule has 1 saturated heterocycles. The second-order valence-electron chi connectivity index (χ2n) is 7.37. The molecule has 1 aliphatic rings. The molecule has 1 aromatic rings.